The van der Waals surface area contributed by atoms with Crippen molar-refractivity contribution in [2.75, 3.05) is 27.4 Å². The van der Waals surface area contributed by atoms with Crippen LogP contribution in [-0.2, 0) is 4.79 Å². The Hall–Kier alpha value is -1.66. The van der Waals surface area contributed by atoms with Gasteiger partial charge in [-0.05, 0) is 37.5 Å². The molecule has 0 aromatic heterocycles. The highest BCUT2D eigenvalue weighted by atomic mass is 35.5. The zero-order valence-electron chi connectivity index (χ0n) is 16.1. The minimum Gasteiger partial charge on any atom is -0.496 e. The summed E-state index contributed by atoms with van der Waals surface area (Å²) in [7, 11) is 3.20. The smallest absolute Gasteiger partial charge is 0.223 e. The summed E-state index contributed by atoms with van der Waals surface area (Å²) in [5, 5.41) is 3.02. The first-order chi connectivity index (χ1) is 12.6. The number of fused-ring (bicyclic) bond motifs is 2. The highest BCUT2D eigenvalue weighted by Gasteiger charge is 2.40. The third kappa shape index (κ3) is 5.42. The van der Waals surface area contributed by atoms with Crippen LogP contribution in [0.3, 0.4) is 0 Å². The van der Waals surface area contributed by atoms with Gasteiger partial charge in [-0.1, -0.05) is 6.42 Å². The second kappa shape index (κ2) is 10.0. The maximum absolute atomic E-state index is 12.5. The number of halogens is 1. The third-order valence-electron chi connectivity index (χ3n) is 5.78. The van der Waals surface area contributed by atoms with E-state index in [1.165, 1.54) is 19.3 Å². The molecule has 3 N–H and O–H groups in total. The van der Waals surface area contributed by atoms with E-state index in [1.54, 1.807) is 32.4 Å². The minimum absolute atomic E-state index is 0. The molecule has 2 aliphatic carbocycles. The molecular formula is C20H31ClN2O4. The lowest BCUT2D eigenvalue weighted by Crippen LogP contribution is -2.49. The largest absolute Gasteiger partial charge is 0.496 e. The number of rotatable bonds is 7. The van der Waals surface area contributed by atoms with Crippen molar-refractivity contribution >= 4 is 18.3 Å². The normalized spacial score (nSPS) is 26.5. The average molecular weight is 399 g/mol. The summed E-state index contributed by atoms with van der Waals surface area (Å²) in [6, 6.07) is 5.68. The van der Waals surface area contributed by atoms with Crippen molar-refractivity contribution in [2.45, 2.75) is 38.1 Å². The molecule has 2 unspecified atom stereocenters. The van der Waals surface area contributed by atoms with E-state index in [0.29, 0.717) is 48.3 Å². The van der Waals surface area contributed by atoms with Gasteiger partial charge in [-0.2, -0.15) is 0 Å². The van der Waals surface area contributed by atoms with Crippen LogP contribution in [0.5, 0.6) is 17.2 Å². The zero-order chi connectivity index (χ0) is 18.5. The lowest BCUT2D eigenvalue weighted by Gasteiger charge is -2.43. The van der Waals surface area contributed by atoms with E-state index in [4.69, 9.17) is 19.9 Å². The number of hydrogen-bond acceptors (Lipinski definition) is 5. The van der Waals surface area contributed by atoms with Gasteiger partial charge >= 0.3 is 0 Å². The fourth-order valence-corrected chi connectivity index (χ4v) is 4.36. The van der Waals surface area contributed by atoms with Crippen LogP contribution in [0.1, 0.15) is 32.1 Å². The predicted octanol–water partition coefficient (Wildman–Crippen LogP) is 2.77. The monoisotopic (exact) mass is 398 g/mol. The summed E-state index contributed by atoms with van der Waals surface area (Å²) in [6.07, 6.45) is 5.45. The van der Waals surface area contributed by atoms with E-state index in [2.05, 4.69) is 5.32 Å². The lowest BCUT2D eigenvalue weighted by molar-refractivity contribution is -0.128. The summed E-state index contributed by atoms with van der Waals surface area (Å²) in [6.45, 7) is 0.886. The van der Waals surface area contributed by atoms with Gasteiger partial charge in [0.15, 0.2) is 0 Å². The molecule has 2 aliphatic rings. The molecule has 2 saturated carbocycles. The van der Waals surface area contributed by atoms with Crippen LogP contribution in [0.2, 0.25) is 0 Å². The molecule has 1 aromatic rings. The topological polar surface area (TPSA) is 82.8 Å². The van der Waals surface area contributed by atoms with Crippen LogP contribution in [-0.4, -0.2) is 39.3 Å². The minimum atomic E-state index is 0. The molecule has 2 bridgehead atoms. The van der Waals surface area contributed by atoms with E-state index in [1.807, 2.05) is 0 Å². The first-order valence-corrected chi connectivity index (χ1v) is 9.50. The Morgan fingerprint density at radius 1 is 1.07 bits per heavy atom. The molecule has 152 valence electrons. The fourth-order valence-electron chi connectivity index (χ4n) is 4.36. The van der Waals surface area contributed by atoms with Crippen molar-refractivity contribution < 1.29 is 19.0 Å². The predicted molar refractivity (Wildman–Crippen MR) is 107 cm³/mol. The number of carbonyl (C=O) groups is 1. The van der Waals surface area contributed by atoms with E-state index < -0.39 is 0 Å². The van der Waals surface area contributed by atoms with E-state index >= 15 is 0 Å². The Bertz CT molecular complexity index is 592. The van der Waals surface area contributed by atoms with Crippen LogP contribution in [0.4, 0.5) is 0 Å². The number of ether oxygens (including phenoxy) is 3. The number of nitrogens with one attached hydrogen (secondary N) is 1. The van der Waals surface area contributed by atoms with Crippen LogP contribution in [0.15, 0.2) is 18.2 Å². The van der Waals surface area contributed by atoms with Crippen molar-refractivity contribution in [3.05, 3.63) is 18.2 Å². The maximum Gasteiger partial charge on any atom is 0.223 e. The van der Waals surface area contributed by atoms with Gasteiger partial charge in [0.1, 0.15) is 23.9 Å². The molecule has 2 fully saturated rings. The van der Waals surface area contributed by atoms with Crippen LogP contribution in [0.25, 0.3) is 0 Å². The number of benzene rings is 1. The fraction of sp³-hybridized carbons (Fsp3) is 0.650. The summed E-state index contributed by atoms with van der Waals surface area (Å²) in [4.78, 5) is 12.5. The van der Waals surface area contributed by atoms with Crippen molar-refractivity contribution in [2.24, 2.45) is 23.5 Å². The van der Waals surface area contributed by atoms with Crippen molar-refractivity contribution in [1.29, 1.82) is 0 Å². The van der Waals surface area contributed by atoms with Crippen molar-refractivity contribution in [3.8, 4) is 17.2 Å². The quantitative estimate of drug-likeness (QED) is 0.690. The van der Waals surface area contributed by atoms with Crippen LogP contribution >= 0.6 is 12.4 Å². The average Bonchev–Trinajstić information content (AvgIpc) is 2.64. The van der Waals surface area contributed by atoms with Gasteiger partial charge in [-0.3, -0.25) is 4.79 Å². The van der Waals surface area contributed by atoms with Gasteiger partial charge in [0.2, 0.25) is 5.91 Å². The van der Waals surface area contributed by atoms with Gasteiger partial charge in [0, 0.05) is 30.2 Å². The van der Waals surface area contributed by atoms with Gasteiger partial charge in [0.25, 0.3) is 0 Å². The highest BCUT2D eigenvalue weighted by molar-refractivity contribution is 5.85. The Balaban J connectivity index is 0.00000261. The first kappa shape index (κ1) is 21.6. The molecule has 3 rings (SSSR count). The van der Waals surface area contributed by atoms with Gasteiger partial charge < -0.3 is 25.3 Å². The van der Waals surface area contributed by atoms with Crippen molar-refractivity contribution in [3.63, 3.8) is 0 Å². The molecular weight excluding hydrogens is 368 g/mol. The molecule has 0 saturated heterocycles. The molecule has 7 heteroatoms. The van der Waals surface area contributed by atoms with E-state index in [9.17, 15) is 4.79 Å². The molecule has 6 nitrogen and oxygen atoms in total. The lowest BCUT2D eigenvalue weighted by atomic mass is 9.65. The molecule has 1 aromatic carbocycles. The number of carbonyl (C=O) groups excluding carboxylic acids is 1. The second-order valence-electron chi connectivity index (χ2n) is 7.38. The highest BCUT2D eigenvalue weighted by Crippen LogP contribution is 2.41. The SMILES string of the molecule is COc1cc(OC)cc(OCCNC(=O)C2CC3CCCC(C2)C3N)c1.Cl. The number of hydrogen-bond donors (Lipinski definition) is 2. The molecule has 2 atom stereocenters. The Morgan fingerprint density at radius 2 is 1.63 bits per heavy atom. The Morgan fingerprint density at radius 3 is 2.19 bits per heavy atom. The summed E-state index contributed by atoms with van der Waals surface area (Å²) in [5.74, 6) is 3.27. The zero-order valence-corrected chi connectivity index (χ0v) is 16.9. The third-order valence-corrected chi connectivity index (χ3v) is 5.78. The molecule has 27 heavy (non-hydrogen) atoms. The standard InChI is InChI=1S/C20H30N2O4.ClH/c1-24-16-10-17(25-2)12-18(11-16)26-7-6-22-20(23)15-8-13-4-3-5-14(9-15)19(13)21;/h10-15,19H,3-9,21H2,1-2H3,(H,22,23);1H. The second-order valence-corrected chi connectivity index (χ2v) is 7.38. The van der Waals surface area contributed by atoms with E-state index in [-0.39, 0.29) is 24.2 Å². The van der Waals surface area contributed by atoms with Crippen molar-refractivity contribution in [1.82, 2.24) is 5.32 Å². The number of nitrogens with two attached hydrogens (primary N) is 1. The number of methoxy groups -OCH3 is 2. The van der Waals surface area contributed by atoms with Crippen LogP contribution < -0.4 is 25.3 Å². The van der Waals surface area contributed by atoms with Gasteiger partial charge in [-0.15, -0.1) is 12.4 Å². The summed E-state index contributed by atoms with van der Waals surface area (Å²) >= 11 is 0. The molecule has 0 spiro atoms. The van der Waals surface area contributed by atoms with Crippen LogP contribution in [0, 0.1) is 17.8 Å². The summed E-state index contributed by atoms with van der Waals surface area (Å²) < 4.78 is 16.2. The first-order valence-electron chi connectivity index (χ1n) is 9.50. The molecule has 0 aliphatic heterocycles. The Kier molecular flexibility index (Phi) is 8.05. The molecule has 1 amide bonds. The van der Waals surface area contributed by atoms with Gasteiger partial charge in [0.05, 0.1) is 20.8 Å². The van der Waals surface area contributed by atoms with Gasteiger partial charge in [-0.25, -0.2) is 0 Å². The maximum atomic E-state index is 12.5. The molecule has 0 radical (unpaired) electrons. The summed E-state index contributed by atoms with van der Waals surface area (Å²) in [5.41, 5.74) is 6.31. The number of amides is 1. The Labute approximate surface area is 167 Å². The molecule has 0 heterocycles. The van der Waals surface area contributed by atoms with E-state index in [0.717, 1.165) is 12.8 Å².